The Morgan fingerprint density at radius 3 is 2.87 bits per heavy atom. The Morgan fingerprint density at radius 2 is 2.27 bits per heavy atom. The Balaban J connectivity index is 2.04. The van der Waals surface area contributed by atoms with Gasteiger partial charge in [0.2, 0.25) is 0 Å². The Hall–Kier alpha value is -1.00. The van der Waals surface area contributed by atoms with Crippen LogP contribution in [0.15, 0.2) is 12.1 Å². The first-order valence-corrected chi connectivity index (χ1v) is 5.00. The van der Waals surface area contributed by atoms with Crippen molar-refractivity contribution in [1.29, 1.82) is 0 Å². The monoisotopic (exact) mass is 231 g/mol. The van der Waals surface area contributed by atoms with Crippen molar-refractivity contribution in [2.75, 3.05) is 25.6 Å². The number of hydrogen-bond acceptors (Lipinski definition) is 3. The van der Waals surface area contributed by atoms with Gasteiger partial charge in [0.1, 0.15) is 10.8 Å². The van der Waals surface area contributed by atoms with Crippen molar-refractivity contribution in [3.63, 3.8) is 0 Å². The van der Waals surface area contributed by atoms with E-state index in [1.54, 1.807) is 6.07 Å². The van der Waals surface area contributed by atoms with E-state index in [1.165, 1.54) is 6.07 Å². The van der Waals surface area contributed by atoms with Gasteiger partial charge in [-0.3, -0.25) is 0 Å². The zero-order chi connectivity index (χ0) is 10.8. The predicted octanol–water partition coefficient (Wildman–Crippen LogP) is 2.09. The molecule has 5 heteroatoms. The summed E-state index contributed by atoms with van der Waals surface area (Å²) in [5.74, 6) is 0.0796. The molecule has 0 amide bonds. The van der Waals surface area contributed by atoms with Gasteiger partial charge < -0.3 is 15.2 Å². The molecule has 82 valence electrons. The van der Waals surface area contributed by atoms with E-state index >= 15 is 0 Å². The van der Waals surface area contributed by atoms with Crippen molar-refractivity contribution < 1.29 is 13.9 Å². The minimum Gasteiger partial charge on any atom is -0.491 e. The third kappa shape index (κ3) is 2.16. The zero-order valence-corrected chi connectivity index (χ0v) is 8.76. The number of rotatable bonds is 3. The fourth-order valence-corrected chi connectivity index (χ4v) is 1.47. The van der Waals surface area contributed by atoms with Crippen molar-refractivity contribution in [3.05, 3.63) is 23.0 Å². The van der Waals surface area contributed by atoms with E-state index in [2.05, 4.69) is 0 Å². The Labute approximate surface area is 91.9 Å². The van der Waals surface area contributed by atoms with E-state index in [1.807, 2.05) is 0 Å². The normalized spacial score (nSPS) is 16.1. The van der Waals surface area contributed by atoms with Crippen LogP contribution in [0.3, 0.4) is 0 Å². The van der Waals surface area contributed by atoms with Gasteiger partial charge in [-0.05, 0) is 12.1 Å². The van der Waals surface area contributed by atoms with Crippen molar-refractivity contribution in [2.45, 2.75) is 0 Å². The van der Waals surface area contributed by atoms with Crippen molar-refractivity contribution in [2.24, 2.45) is 5.92 Å². The number of nitrogen functional groups attached to an aromatic ring is 1. The van der Waals surface area contributed by atoms with Gasteiger partial charge in [0.15, 0.2) is 5.82 Å². The highest BCUT2D eigenvalue weighted by molar-refractivity contribution is 6.32. The second-order valence-corrected chi connectivity index (χ2v) is 3.87. The number of halogens is 2. The molecule has 0 atom stereocenters. The van der Waals surface area contributed by atoms with Crippen LogP contribution < -0.4 is 10.5 Å². The molecule has 1 aliphatic rings. The lowest BCUT2D eigenvalue weighted by Crippen LogP contribution is -2.32. The van der Waals surface area contributed by atoms with E-state index in [9.17, 15) is 4.39 Å². The average molecular weight is 232 g/mol. The van der Waals surface area contributed by atoms with Crippen LogP contribution in [0.5, 0.6) is 5.75 Å². The summed E-state index contributed by atoms with van der Waals surface area (Å²) in [5, 5.41) is -0.0600. The molecule has 2 rings (SSSR count). The number of hydrogen-bond donors (Lipinski definition) is 1. The van der Waals surface area contributed by atoms with Crippen molar-refractivity contribution in [3.8, 4) is 5.75 Å². The molecule has 3 nitrogen and oxygen atoms in total. The molecule has 0 unspecified atom stereocenters. The molecule has 15 heavy (non-hydrogen) atoms. The van der Waals surface area contributed by atoms with Gasteiger partial charge in [0.25, 0.3) is 0 Å². The highest BCUT2D eigenvalue weighted by Crippen LogP contribution is 2.31. The second kappa shape index (κ2) is 4.24. The fraction of sp³-hybridized carbons (Fsp3) is 0.400. The first-order valence-electron chi connectivity index (χ1n) is 4.62. The molecular formula is C10H11ClFNO2. The van der Waals surface area contributed by atoms with Crippen molar-refractivity contribution >= 4 is 17.3 Å². The van der Waals surface area contributed by atoms with Crippen molar-refractivity contribution in [1.82, 2.24) is 0 Å². The summed E-state index contributed by atoms with van der Waals surface area (Å²) in [6.07, 6.45) is 0. The van der Waals surface area contributed by atoms with Crippen LogP contribution in [0.2, 0.25) is 5.02 Å². The minimum absolute atomic E-state index is 0.0272. The van der Waals surface area contributed by atoms with Gasteiger partial charge in [-0.1, -0.05) is 11.6 Å². The molecular weight excluding hydrogens is 221 g/mol. The average Bonchev–Trinajstić information content (AvgIpc) is 2.15. The van der Waals surface area contributed by atoms with Crippen LogP contribution in [-0.4, -0.2) is 19.8 Å². The quantitative estimate of drug-likeness (QED) is 0.811. The van der Waals surface area contributed by atoms with Gasteiger partial charge in [0, 0.05) is 5.92 Å². The Morgan fingerprint density at radius 1 is 1.53 bits per heavy atom. The molecule has 1 aromatic rings. The fourth-order valence-electron chi connectivity index (χ4n) is 1.25. The molecule has 0 spiro atoms. The standard InChI is InChI=1S/C10H11ClFNO2/c11-9-8(2-1-7(13)10(9)12)15-5-6-3-14-4-6/h1-2,6H,3-5,13H2. The summed E-state index contributed by atoms with van der Waals surface area (Å²) in [6.45, 7) is 1.87. The maximum absolute atomic E-state index is 13.2. The molecule has 1 aromatic carbocycles. The highest BCUT2D eigenvalue weighted by atomic mass is 35.5. The van der Waals surface area contributed by atoms with Crippen LogP contribution >= 0.6 is 11.6 Å². The van der Waals surface area contributed by atoms with Crippen LogP contribution in [0.1, 0.15) is 0 Å². The van der Waals surface area contributed by atoms with Gasteiger partial charge >= 0.3 is 0 Å². The summed E-state index contributed by atoms with van der Waals surface area (Å²) >= 11 is 5.73. The molecule has 1 heterocycles. The van der Waals surface area contributed by atoms with Crippen LogP contribution in [0.4, 0.5) is 10.1 Å². The summed E-state index contributed by atoms with van der Waals surface area (Å²) in [4.78, 5) is 0. The smallest absolute Gasteiger partial charge is 0.168 e. The zero-order valence-electron chi connectivity index (χ0n) is 8.00. The second-order valence-electron chi connectivity index (χ2n) is 3.50. The molecule has 0 radical (unpaired) electrons. The highest BCUT2D eigenvalue weighted by Gasteiger charge is 2.20. The van der Waals surface area contributed by atoms with E-state index < -0.39 is 5.82 Å². The van der Waals surface area contributed by atoms with Crippen LogP contribution in [0, 0.1) is 11.7 Å². The lowest BCUT2D eigenvalue weighted by atomic mass is 10.1. The summed E-state index contributed by atoms with van der Waals surface area (Å²) in [7, 11) is 0. The maximum atomic E-state index is 13.2. The van der Waals surface area contributed by atoms with E-state index in [0.717, 1.165) is 0 Å². The molecule has 0 saturated carbocycles. The van der Waals surface area contributed by atoms with Gasteiger partial charge in [-0.25, -0.2) is 4.39 Å². The minimum atomic E-state index is -0.626. The number of ether oxygens (including phenoxy) is 2. The predicted molar refractivity (Wildman–Crippen MR) is 55.6 cm³/mol. The first kappa shape index (κ1) is 10.5. The van der Waals surface area contributed by atoms with Gasteiger partial charge in [0.05, 0.1) is 25.5 Å². The first-order chi connectivity index (χ1) is 7.18. The largest absolute Gasteiger partial charge is 0.491 e. The molecule has 1 aliphatic heterocycles. The summed E-state index contributed by atoms with van der Waals surface area (Å²) in [6, 6.07) is 3.01. The van der Waals surface area contributed by atoms with Gasteiger partial charge in [-0.2, -0.15) is 0 Å². The van der Waals surface area contributed by atoms with E-state index in [-0.39, 0.29) is 10.7 Å². The molecule has 0 aliphatic carbocycles. The van der Waals surface area contributed by atoms with E-state index in [4.69, 9.17) is 26.8 Å². The lowest BCUT2D eigenvalue weighted by Gasteiger charge is -2.25. The van der Waals surface area contributed by atoms with E-state index in [0.29, 0.717) is 31.5 Å². The van der Waals surface area contributed by atoms with Crippen LogP contribution in [0.25, 0.3) is 0 Å². The molecule has 1 fully saturated rings. The Kier molecular flexibility index (Phi) is 2.98. The third-order valence-corrected chi connectivity index (χ3v) is 2.61. The maximum Gasteiger partial charge on any atom is 0.168 e. The summed E-state index contributed by atoms with van der Waals surface area (Å²) < 4.78 is 23.6. The topological polar surface area (TPSA) is 44.5 Å². The number of benzene rings is 1. The molecule has 2 N–H and O–H groups in total. The molecule has 0 bridgehead atoms. The lowest BCUT2D eigenvalue weighted by molar-refractivity contribution is -0.0508. The SMILES string of the molecule is Nc1ccc(OCC2COC2)c(Cl)c1F. The van der Waals surface area contributed by atoms with Gasteiger partial charge in [-0.15, -0.1) is 0 Å². The van der Waals surface area contributed by atoms with Crippen LogP contribution in [-0.2, 0) is 4.74 Å². The molecule has 1 saturated heterocycles. The Bertz CT molecular complexity index is 369. The number of anilines is 1. The summed E-state index contributed by atoms with van der Waals surface area (Å²) in [5.41, 5.74) is 5.37. The molecule has 0 aromatic heterocycles. The third-order valence-electron chi connectivity index (χ3n) is 2.26. The number of nitrogens with two attached hydrogens (primary N) is 1.